The molecule has 1 aromatic heterocycles. The Bertz CT molecular complexity index is 689. The lowest BCUT2D eigenvalue weighted by Gasteiger charge is -2.32. The maximum Gasteiger partial charge on any atom is 0.119 e. The summed E-state index contributed by atoms with van der Waals surface area (Å²) in [5, 5.41) is 13.8. The molecule has 1 saturated carbocycles. The van der Waals surface area contributed by atoms with Crippen LogP contribution in [0.25, 0.3) is 0 Å². The number of rotatable bonds is 10. The van der Waals surface area contributed by atoms with Crippen LogP contribution in [0.4, 0.5) is 0 Å². The summed E-state index contributed by atoms with van der Waals surface area (Å²) in [6.45, 7) is 2.53. The maximum atomic E-state index is 10.4. The first-order chi connectivity index (χ1) is 13.7. The van der Waals surface area contributed by atoms with E-state index in [1.54, 1.807) is 6.20 Å². The molecule has 5 nitrogen and oxygen atoms in total. The summed E-state index contributed by atoms with van der Waals surface area (Å²) in [6, 6.07) is 12.7. The number of ether oxygens (including phenoxy) is 1. The van der Waals surface area contributed by atoms with Gasteiger partial charge in [0.25, 0.3) is 0 Å². The van der Waals surface area contributed by atoms with E-state index in [2.05, 4.69) is 34.4 Å². The minimum absolute atomic E-state index is 0.323. The predicted octanol–water partition coefficient (Wildman–Crippen LogP) is 3.38. The number of nitrogens with one attached hydrogen (secondary N) is 1. The molecular formula is C23H33N3O2. The van der Waals surface area contributed by atoms with E-state index >= 15 is 0 Å². The maximum absolute atomic E-state index is 10.4. The highest BCUT2D eigenvalue weighted by Crippen LogP contribution is 2.21. The van der Waals surface area contributed by atoms with Gasteiger partial charge in [-0.3, -0.25) is 4.98 Å². The van der Waals surface area contributed by atoms with E-state index in [4.69, 9.17) is 4.74 Å². The Kier molecular flexibility index (Phi) is 8.27. The predicted molar refractivity (Wildman–Crippen MR) is 112 cm³/mol. The van der Waals surface area contributed by atoms with Crippen LogP contribution in [0.15, 0.2) is 48.8 Å². The van der Waals surface area contributed by atoms with Crippen LogP contribution in [0.2, 0.25) is 0 Å². The standard InChI is InChI=1S/C23H33N3O2/c1-26(21-9-3-2-4-10-21)17-22(27)18-28-23-11-5-7-19(13-23)14-25-16-20-8-6-12-24-15-20/h5-8,11-13,15,21-22,25,27H,2-4,9-10,14,16-18H2,1H3. The summed E-state index contributed by atoms with van der Waals surface area (Å²) in [5.74, 6) is 0.806. The molecule has 28 heavy (non-hydrogen) atoms. The highest BCUT2D eigenvalue weighted by atomic mass is 16.5. The van der Waals surface area contributed by atoms with Gasteiger partial charge in [-0.05, 0) is 49.2 Å². The van der Waals surface area contributed by atoms with Gasteiger partial charge in [0.1, 0.15) is 18.5 Å². The van der Waals surface area contributed by atoms with Gasteiger partial charge in [0.05, 0.1) is 0 Å². The zero-order chi connectivity index (χ0) is 19.6. The van der Waals surface area contributed by atoms with Crippen LogP contribution in [0.5, 0.6) is 5.75 Å². The van der Waals surface area contributed by atoms with Gasteiger partial charge >= 0.3 is 0 Å². The summed E-state index contributed by atoms with van der Waals surface area (Å²) < 4.78 is 5.85. The van der Waals surface area contributed by atoms with Gasteiger partial charge in [-0.2, -0.15) is 0 Å². The summed E-state index contributed by atoms with van der Waals surface area (Å²) in [5.41, 5.74) is 2.33. The van der Waals surface area contributed by atoms with Crippen LogP contribution in [0.1, 0.15) is 43.2 Å². The highest BCUT2D eigenvalue weighted by molar-refractivity contribution is 5.28. The molecule has 0 amide bonds. The van der Waals surface area contributed by atoms with Gasteiger partial charge in [0.15, 0.2) is 0 Å². The monoisotopic (exact) mass is 383 g/mol. The van der Waals surface area contributed by atoms with Crippen molar-refractivity contribution < 1.29 is 9.84 Å². The van der Waals surface area contributed by atoms with Crippen molar-refractivity contribution in [2.24, 2.45) is 0 Å². The lowest BCUT2D eigenvalue weighted by Crippen LogP contribution is -2.40. The van der Waals surface area contributed by atoms with E-state index in [0.717, 1.165) is 24.4 Å². The summed E-state index contributed by atoms with van der Waals surface area (Å²) in [7, 11) is 2.12. The van der Waals surface area contributed by atoms with Crippen LogP contribution in [0, 0.1) is 0 Å². The average molecular weight is 384 g/mol. The molecule has 2 N–H and O–H groups in total. The van der Waals surface area contributed by atoms with Gasteiger partial charge in [0.2, 0.25) is 0 Å². The normalized spacial score (nSPS) is 16.2. The molecule has 0 spiro atoms. The number of benzene rings is 1. The van der Waals surface area contributed by atoms with Crippen LogP contribution in [-0.4, -0.2) is 47.3 Å². The van der Waals surface area contributed by atoms with E-state index < -0.39 is 6.10 Å². The van der Waals surface area contributed by atoms with Crippen molar-refractivity contribution in [2.45, 2.75) is 57.3 Å². The molecule has 1 fully saturated rings. The van der Waals surface area contributed by atoms with Gasteiger partial charge in [0, 0.05) is 38.1 Å². The van der Waals surface area contributed by atoms with Crippen molar-refractivity contribution in [2.75, 3.05) is 20.2 Å². The van der Waals surface area contributed by atoms with E-state index in [1.165, 1.54) is 37.7 Å². The molecule has 0 bridgehead atoms. The van der Waals surface area contributed by atoms with Crippen molar-refractivity contribution in [1.82, 2.24) is 15.2 Å². The minimum atomic E-state index is -0.473. The van der Waals surface area contributed by atoms with E-state index in [-0.39, 0.29) is 0 Å². The second kappa shape index (κ2) is 11.1. The first-order valence-corrected chi connectivity index (χ1v) is 10.4. The molecule has 1 unspecified atom stereocenters. The fourth-order valence-electron chi connectivity index (χ4n) is 3.85. The number of pyridine rings is 1. The largest absolute Gasteiger partial charge is 0.491 e. The summed E-state index contributed by atoms with van der Waals surface area (Å²) in [6.07, 6.45) is 9.65. The van der Waals surface area contributed by atoms with Crippen molar-refractivity contribution in [3.63, 3.8) is 0 Å². The number of aromatic nitrogens is 1. The number of aliphatic hydroxyl groups is 1. The lowest BCUT2D eigenvalue weighted by atomic mass is 9.94. The van der Waals surface area contributed by atoms with Gasteiger partial charge < -0.3 is 20.1 Å². The molecule has 1 aromatic carbocycles. The van der Waals surface area contributed by atoms with Crippen molar-refractivity contribution in [3.05, 3.63) is 59.9 Å². The average Bonchev–Trinajstić information content (AvgIpc) is 2.74. The molecule has 2 aromatic rings. The smallest absolute Gasteiger partial charge is 0.119 e. The first-order valence-electron chi connectivity index (χ1n) is 10.4. The summed E-state index contributed by atoms with van der Waals surface area (Å²) in [4.78, 5) is 6.43. The Balaban J connectivity index is 1.39. The van der Waals surface area contributed by atoms with Crippen LogP contribution >= 0.6 is 0 Å². The number of nitrogens with zero attached hydrogens (tertiary/aromatic N) is 2. The topological polar surface area (TPSA) is 57.6 Å². The van der Waals surface area contributed by atoms with E-state index in [9.17, 15) is 5.11 Å². The zero-order valence-corrected chi connectivity index (χ0v) is 16.9. The van der Waals surface area contributed by atoms with Crippen molar-refractivity contribution in [3.8, 4) is 5.75 Å². The van der Waals surface area contributed by atoms with Gasteiger partial charge in [-0.15, -0.1) is 0 Å². The molecule has 0 radical (unpaired) electrons. The first kappa shape index (κ1) is 20.8. The second-order valence-corrected chi connectivity index (χ2v) is 7.81. The fraction of sp³-hybridized carbons (Fsp3) is 0.522. The van der Waals surface area contributed by atoms with Crippen LogP contribution in [-0.2, 0) is 13.1 Å². The molecule has 0 saturated heterocycles. The Morgan fingerprint density at radius 2 is 1.93 bits per heavy atom. The number of likely N-dealkylation sites (N-methyl/N-ethyl adjacent to an activating group) is 1. The Morgan fingerprint density at radius 1 is 1.14 bits per heavy atom. The van der Waals surface area contributed by atoms with Crippen LogP contribution in [0.3, 0.4) is 0 Å². The number of hydrogen-bond donors (Lipinski definition) is 2. The number of hydrogen-bond acceptors (Lipinski definition) is 5. The molecule has 1 aliphatic carbocycles. The van der Waals surface area contributed by atoms with Gasteiger partial charge in [-0.25, -0.2) is 0 Å². The Morgan fingerprint density at radius 3 is 2.71 bits per heavy atom. The highest BCUT2D eigenvalue weighted by Gasteiger charge is 2.20. The molecule has 152 valence electrons. The molecule has 3 rings (SSSR count). The van der Waals surface area contributed by atoms with E-state index in [0.29, 0.717) is 19.2 Å². The minimum Gasteiger partial charge on any atom is -0.491 e. The fourth-order valence-corrected chi connectivity index (χ4v) is 3.85. The number of aliphatic hydroxyl groups excluding tert-OH is 1. The SMILES string of the molecule is CN(CC(O)COc1cccc(CNCc2cccnc2)c1)C1CCCCC1. The van der Waals surface area contributed by atoms with Crippen LogP contribution < -0.4 is 10.1 Å². The second-order valence-electron chi connectivity index (χ2n) is 7.81. The third kappa shape index (κ3) is 6.89. The van der Waals surface area contributed by atoms with Crippen molar-refractivity contribution >= 4 is 0 Å². The molecular weight excluding hydrogens is 350 g/mol. The molecule has 1 aliphatic rings. The molecule has 0 aliphatic heterocycles. The third-order valence-electron chi connectivity index (χ3n) is 5.42. The van der Waals surface area contributed by atoms with Crippen molar-refractivity contribution in [1.29, 1.82) is 0 Å². The molecule has 1 heterocycles. The molecule has 1 atom stereocenters. The zero-order valence-electron chi connectivity index (χ0n) is 16.9. The Hall–Kier alpha value is -1.95. The lowest BCUT2D eigenvalue weighted by molar-refractivity contribution is 0.0561. The quantitative estimate of drug-likeness (QED) is 0.659. The van der Waals surface area contributed by atoms with E-state index in [1.807, 2.05) is 30.5 Å². The Labute approximate surface area is 168 Å². The summed E-state index contributed by atoms with van der Waals surface area (Å²) >= 11 is 0. The van der Waals surface area contributed by atoms with Gasteiger partial charge in [-0.1, -0.05) is 37.5 Å². The third-order valence-corrected chi connectivity index (χ3v) is 5.42. The molecule has 5 heteroatoms.